The van der Waals surface area contributed by atoms with Crippen molar-refractivity contribution in [2.45, 2.75) is 13.8 Å². The maximum atomic E-state index is 2.24. The van der Waals surface area contributed by atoms with Crippen LogP contribution in [-0.2, 0) is 0 Å². The maximum absolute atomic E-state index is 2.24. The van der Waals surface area contributed by atoms with Crippen molar-refractivity contribution in [3.63, 3.8) is 0 Å². The lowest BCUT2D eigenvalue weighted by atomic mass is 10.0. The molecule has 0 aliphatic rings. The van der Waals surface area contributed by atoms with Crippen molar-refractivity contribution in [3.05, 3.63) is 106 Å². The first-order valence-electron chi connectivity index (χ1n) is 8.30. The standard InChI is InChI=1S/C24H22/c1-19-8-6-7-11-23(19)16-13-22-14-17-24(20(2)18-22)15-12-21-9-4-3-5-10-21/h3-18H,1-2H3. The van der Waals surface area contributed by atoms with Gasteiger partial charge < -0.3 is 0 Å². The zero-order valence-corrected chi connectivity index (χ0v) is 14.2. The van der Waals surface area contributed by atoms with Gasteiger partial charge in [0.2, 0.25) is 0 Å². The van der Waals surface area contributed by atoms with Gasteiger partial charge in [0.1, 0.15) is 0 Å². The fourth-order valence-corrected chi connectivity index (χ4v) is 2.70. The van der Waals surface area contributed by atoms with Gasteiger partial charge in [-0.1, -0.05) is 97.1 Å². The van der Waals surface area contributed by atoms with E-state index in [1.807, 2.05) is 6.07 Å². The molecular formula is C24H22. The van der Waals surface area contributed by atoms with Gasteiger partial charge in [-0.3, -0.25) is 0 Å². The first kappa shape index (κ1) is 16.0. The van der Waals surface area contributed by atoms with Gasteiger partial charge in [0, 0.05) is 0 Å². The largest absolute Gasteiger partial charge is 0.0622 e. The highest BCUT2D eigenvalue weighted by Gasteiger charge is 1.97. The summed E-state index contributed by atoms with van der Waals surface area (Å²) in [6, 6.07) is 25.4. The number of aryl methyl sites for hydroxylation is 2. The second-order valence-corrected chi connectivity index (χ2v) is 6.05. The van der Waals surface area contributed by atoms with Crippen molar-refractivity contribution in [3.8, 4) is 0 Å². The zero-order chi connectivity index (χ0) is 16.8. The van der Waals surface area contributed by atoms with Gasteiger partial charge in [0.05, 0.1) is 0 Å². The molecule has 0 unspecified atom stereocenters. The molecule has 0 aromatic heterocycles. The van der Waals surface area contributed by atoms with Gasteiger partial charge in [-0.15, -0.1) is 0 Å². The molecule has 0 amide bonds. The summed E-state index contributed by atoms with van der Waals surface area (Å²) in [6.45, 7) is 4.30. The predicted octanol–water partition coefficient (Wildman–Crippen LogP) is 6.64. The highest BCUT2D eigenvalue weighted by molar-refractivity contribution is 5.75. The first-order valence-corrected chi connectivity index (χ1v) is 8.30. The van der Waals surface area contributed by atoms with Crippen LogP contribution in [0.4, 0.5) is 0 Å². The van der Waals surface area contributed by atoms with E-state index in [1.54, 1.807) is 0 Å². The Morgan fingerprint density at radius 2 is 1.12 bits per heavy atom. The van der Waals surface area contributed by atoms with Gasteiger partial charge in [0.15, 0.2) is 0 Å². The molecule has 0 aliphatic heterocycles. The van der Waals surface area contributed by atoms with Crippen molar-refractivity contribution in [2.24, 2.45) is 0 Å². The minimum atomic E-state index is 1.22. The predicted molar refractivity (Wildman–Crippen MR) is 107 cm³/mol. The lowest BCUT2D eigenvalue weighted by molar-refractivity contribution is 1.43. The first-order chi connectivity index (χ1) is 11.7. The van der Waals surface area contributed by atoms with Crippen LogP contribution in [0.5, 0.6) is 0 Å². The van der Waals surface area contributed by atoms with E-state index in [4.69, 9.17) is 0 Å². The highest BCUT2D eigenvalue weighted by Crippen LogP contribution is 2.17. The third kappa shape index (κ3) is 4.11. The van der Waals surface area contributed by atoms with Crippen molar-refractivity contribution in [2.75, 3.05) is 0 Å². The molecule has 0 radical (unpaired) electrons. The molecule has 0 saturated heterocycles. The summed E-state index contributed by atoms with van der Waals surface area (Å²) < 4.78 is 0. The molecule has 0 aliphatic carbocycles. The Kier molecular flexibility index (Phi) is 5.08. The van der Waals surface area contributed by atoms with Crippen LogP contribution in [-0.4, -0.2) is 0 Å². The molecule has 0 spiro atoms. The molecule has 3 aromatic rings. The second-order valence-electron chi connectivity index (χ2n) is 6.05. The molecule has 0 saturated carbocycles. The Morgan fingerprint density at radius 3 is 1.83 bits per heavy atom. The van der Waals surface area contributed by atoms with Crippen LogP contribution >= 0.6 is 0 Å². The fraction of sp³-hybridized carbons (Fsp3) is 0.0833. The van der Waals surface area contributed by atoms with E-state index in [0.717, 1.165) is 0 Å². The minimum absolute atomic E-state index is 1.22. The highest BCUT2D eigenvalue weighted by atomic mass is 14.0. The Labute approximate surface area is 144 Å². The average Bonchev–Trinajstić information content (AvgIpc) is 2.61. The summed E-state index contributed by atoms with van der Waals surface area (Å²) in [5, 5.41) is 0. The topological polar surface area (TPSA) is 0 Å². The van der Waals surface area contributed by atoms with Gasteiger partial charge in [-0.05, 0) is 47.2 Å². The molecule has 3 aromatic carbocycles. The Bertz CT molecular complexity index is 868. The SMILES string of the molecule is Cc1ccccc1C=Cc1ccc(C=Cc2ccccc2)c(C)c1. The van der Waals surface area contributed by atoms with Crippen LogP contribution in [0.15, 0.2) is 72.8 Å². The van der Waals surface area contributed by atoms with Gasteiger partial charge in [-0.25, -0.2) is 0 Å². The van der Waals surface area contributed by atoms with E-state index < -0.39 is 0 Å². The van der Waals surface area contributed by atoms with Crippen molar-refractivity contribution in [1.29, 1.82) is 0 Å². The van der Waals surface area contributed by atoms with Crippen LogP contribution < -0.4 is 0 Å². The van der Waals surface area contributed by atoms with E-state index in [2.05, 4.69) is 105 Å². The minimum Gasteiger partial charge on any atom is -0.0622 e. The molecule has 0 nitrogen and oxygen atoms in total. The maximum Gasteiger partial charge on any atom is -0.0227 e. The third-order valence-corrected chi connectivity index (χ3v) is 4.19. The third-order valence-electron chi connectivity index (χ3n) is 4.19. The summed E-state index contributed by atoms with van der Waals surface area (Å²) in [6.07, 6.45) is 8.70. The number of rotatable bonds is 4. The van der Waals surface area contributed by atoms with Crippen LogP contribution in [0.3, 0.4) is 0 Å². The quantitative estimate of drug-likeness (QED) is 0.473. The summed E-state index contributed by atoms with van der Waals surface area (Å²) >= 11 is 0. The zero-order valence-electron chi connectivity index (χ0n) is 14.2. The van der Waals surface area contributed by atoms with E-state index in [-0.39, 0.29) is 0 Å². The summed E-state index contributed by atoms with van der Waals surface area (Å²) in [5.41, 5.74) is 7.56. The summed E-state index contributed by atoms with van der Waals surface area (Å²) in [5.74, 6) is 0. The van der Waals surface area contributed by atoms with Gasteiger partial charge >= 0.3 is 0 Å². The van der Waals surface area contributed by atoms with Crippen LogP contribution in [0, 0.1) is 13.8 Å². The number of benzene rings is 3. The van der Waals surface area contributed by atoms with E-state index in [1.165, 1.54) is 33.4 Å². The number of hydrogen-bond donors (Lipinski definition) is 0. The molecule has 0 heteroatoms. The molecule has 0 bridgehead atoms. The van der Waals surface area contributed by atoms with E-state index in [9.17, 15) is 0 Å². The van der Waals surface area contributed by atoms with Crippen molar-refractivity contribution >= 4 is 24.3 Å². The Balaban J connectivity index is 1.78. The lowest BCUT2D eigenvalue weighted by Gasteiger charge is -2.03. The smallest absolute Gasteiger partial charge is 0.0227 e. The van der Waals surface area contributed by atoms with Gasteiger partial charge in [-0.2, -0.15) is 0 Å². The summed E-state index contributed by atoms with van der Waals surface area (Å²) in [7, 11) is 0. The normalized spacial score (nSPS) is 11.4. The second kappa shape index (κ2) is 7.61. The monoisotopic (exact) mass is 310 g/mol. The molecular weight excluding hydrogens is 288 g/mol. The summed E-state index contributed by atoms with van der Waals surface area (Å²) in [4.78, 5) is 0. The number of hydrogen-bond acceptors (Lipinski definition) is 0. The van der Waals surface area contributed by atoms with E-state index >= 15 is 0 Å². The Hall–Kier alpha value is -2.86. The molecule has 118 valence electrons. The Morgan fingerprint density at radius 1 is 0.500 bits per heavy atom. The van der Waals surface area contributed by atoms with Crippen molar-refractivity contribution in [1.82, 2.24) is 0 Å². The van der Waals surface area contributed by atoms with Gasteiger partial charge in [0.25, 0.3) is 0 Å². The molecule has 3 rings (SSSR count). The molecule has 0 fully saturated rings. The molecule has 0 N–H and O–H groups in total. The van der Waals surface area contributed by atoms with E-state index in [0.29, 0.717) is 0 Å². The lowest BCUT2D eigenvalue weighted by Crippen LogP contribution is -1.83. The van der Waals surface area contributed by atoms with Crippen molar-refractivity contribution < 1.29 is 0 Å². The molecule has 0 heterocycles. The average molecular weight is 310 g/mol. The van der Waals surface area contributed by atoms with Crippen LogP contribution in [0.25, 0.3) is 24.3 Å². The fourth-order valence-electron chi connectivity index (χ4n) is 2.70. The molecule has 24 heavy (non-hydrogen) atoms. The van der Waals surface area contributed by atoms with Crippen LogP contribution in [0.1, 0.15) is 33.4 Å². The molecule has 0 atom stereocenters. The van der Waals surface area contributed by atoms with Crippen LogP contribution in [0.2, 0.25) is 0 Å².